The first-order valence-corrected chi connectivity index (χ1v) is 4.81. The van der Waals surface area contributed by atoms with E-state index in [2.05, 4.69) is 5.32 Å². The summed E-state index contributed by atoms with van der Waals surface area (Å²) in [6.45, 7) is 1.93. The van der Waals surface area contributed by atoms with Gasteiger partial charge in [0.25, 0.3) is 0 Å². The normalized spacial score (nSPS) is 16.3. The van der Waals surface area contributed by atoms with Crippen molar-refractivity contribution < 1.29 is 9.90 Å². The largest absolute Gasteiger partial charge is 0.388 e. The van der Waals surface area contributed by atoms with Crippen molar-refractivity contribution in [3.8, 4) is 0 Å². The van der Waals surface area contributed by atoms with Crippen molar-refractivity contribution in [1.29, 1.82) is 0 Å². The summed E-state index contributed by atoms with van der Waals surface area (Å²) < 4.78 is 0. The molecule has 3 nitrogen and oxygen atoms in total. The van der Waals surface area contributed by atoms with Gasteiger partial charge in [0.15, 0.2) is 0 Å². The van der Waals surface area contributed by atoms with Crippen molar-refractivity contribution in [2.75, 3.05) is 5.32 Å². The monoisotopic (exact) mass is 191 g/mol. The van der Waals surface area contributed by atoms with Gasteiger partial charge in [-0.3, -0.25) is 4.79 Å². The van der Waals surface area contributed by atoms with Gasteiger partial charge < -0.3 is 10.4 Å². The van der Waals surface area contributed by atoms with Crippen molar-refractivity contribution in [3.05, 3.63) is 29.3 Å². The first-order valence-electron chi connectivity index (χ1n) is 4.81. The van der Waals surface area contributed by atoms with Crippen molar-refractivity contribution in [2.24, 2.45) is 0 Å². The molecule has 1 atom stereocenters. The Labute approximate surface area is 82.8 Å². The van der Waals surface area contributed by atoms with Gasteiger partial charge in [0, 0.05) is 5.69 Å². The number of rotatable bonds is 2. The summed E-state index contributed by atoms with van der Waals surface area (Å²) in [4.78, 5) is 11.1. The minimum Gasteiger partial charge on any atom is -0.388 e. The van der Waals surface area contributed by atoms with Crippen molar-refractivity contribution in [3.63, 3.8) is 0 Å². The van der Waals surface area contributed by atoms with E-state index in [0.717, 1.165) is 16.8 Å². The van der Waals surface area contributed by atoms with Crippen LogP contribution in [0.4, 0.5) is 5.69 Å². The Kier molecular flexibility index (Phi) is 2.25. The Hall–Kier alpha value is -1.35. The number of carbonyl (C=O) groups is 1. The molecule has 0 aromatic heterocycles. The van der Waals surface area contributed by atoms with Crippen LogP contribution in [0.3, 0.4) is 0 Å². The number of benzene rings is 1. The summed E-state index contributed by atoms with van der Waals surface area (Å²) in [7, 11) is 0. The van der Waals surface area contributed by atoms with Crippen LogP contribution < -0.4 is 5.32 Å². The third-order valence-electron chi connectivity index (χ3n) is 2.53. The van der Waals surface area contributed by atoms with Crippen LogP contribution in [0.1, 0.15) is 30.6 Å². The summed E-state index contributed by atoms with van der Waals surface area (Å²) in [5.74, 6) is 0.0307. The highest BCUT2D eigenvalue weighted by Gasteiger charge is 2.18. The lowest BCUT2D eigenvalue weighted by Crippen LogP contribution is -2.03. The maximum atomic E-state index is 11.1. The summed E-state index contributed by atoms with van der Waals surface area (Å²) >= 11 is 0. The average Bonchev–Trinajstić information content (AvgIpc) is 2.55. The van der Waals surface area contributed by atoms with Gasteiger partial charge in [0.1, 0.15) is 0 Å². The molecule has 1 heterocycles. The number of anilines is 1. The molecule has 14 heavy (non-hydrogen) atoms. The lowest BCUT2D eigenvalue weighted by Gasteiger charge is -2.09. The Morgan fingerprint density at radius 1 is 1.57 bits per heavy atom. The van der Waals surface area contributed by atoms with Gasteiger partial charge in [0.2, 0.25) is 5.91 Å². The van der Waals surface area contributed by atoms with E-state index >= 15 is 0 Å². The average molecular weight is 191 g/mol. The molecule has 0 unspecified atom stereocenters. The maximum Gasteiger partial charge on any atom is 0.228 e. The van der Waals surface area contributed by atoms with E-state index in [-0.39, 0.29) is 5.91 Å². The SMILES string of the molecule is CC[C@@H](O)c1ccc2c(c1)CC(=O)N2. The number of hydrogen-bond donors (Lipinski definition) is 2. The quantitative estimate of drug-likeness (QED) is 0.746. The van der Waals surface area contributed by atoms with E-state index in [0.29, 0.717) is 12.8 Å². The third-order valence-corrected chi connectivity index (χ3v) is 2.53. The number of hydrogen-bond acceptors (Lipinski definition) is 2. The van der Waals surface area contributed by atoms with Crippen LogP contribution in [0.5, 0.6) is 0 Å². The molecule has 3 heteroatoms. The highest BCUT2D eigenvalue weighted by molar-refractivity contribution is 5.99. The van der Waals surface area contributed by atoms with Gasteiger partial charge in [-0.25, -0.2) is 0 Å². The molecule has 1 aliphatic rings. The molecule has 0 fully saturated rings. The van der Waals surface area contributed by atoms with Crippen LogP contribution in [-0.4, -0.2) is 11.0 Å². The predicted octanol–water partition coefficient (Wildman–Crippen LogP) is 1.62. The van der Waals surface area contributed by atoms with E-state index in [1.807, 2.05) is 25.1 Å². The summed E-state index contributed by atoms with van der Waals surface area (Å²) in [6, 6.07) is 5.62. The maximum absolute atomic E-state index is 11.1. The van der Waals surface area contributed by atoms with Crippen LogP contribution in [0.25, 0.3) is 0 Å². The smallest absolute Gasteiger partial charge is 0.228 e. The van der Waals surface area contributed by atoms with E-state index in [1.165, 1.54) is 0 Å². The number of aliphatic hydroxyl groups is 1. The molecule has 74 valence electrons. The number of carbonyl (C=O) groups excluding carboxylic acids is 1. The van der Waals surface area contributed by atoms with E-state index < -0.39 is 6.10 Å². The molecule has 1 amide bonds. The number of amides is 1. The molecule has 0 spiro atoms. The Morgan fingerprint density at radius 2 is 2.36 bits per heavy atom. The molecular weight excluding hydrogens is 178 g/mol. The second-order valence-electron chi connectivity index (χ2n) is 3.57. The predicted molar refractivity (Wildman–Crippen MR) is 54.0 cm³/mol. The number of aliphatic hydroxyl groups excluding tert-OH is 1. The van der Waals surface area contributed by atoms with Gasteiger partial charge in [-0.05, 0) is 23.6 Å². The minimum atomic E-state index is -0.420. The van der Waals surface area contributed by atoms with Crippen LogP contribution in [0, 0.1) is 0 Å². The second kappa shape index (κ2) is 3.42. The van der Waals surface area contributed by atoms with Gasteiger partial charge >= 0.3 is 0 Å². The van der Waals surface area contributed by atoms with Gasteiger partial charge in [-0.2, -0.15) is 0 Å². The molecular formula is C11H13NO2. The fraction of sp³-hybridized carbons (Fsp3) is 0.364. The van der Waals surface area contributed by atoms with E-state index in [1.54, 1.807) is 0 Å². The lowest BCUT2D eigenvalue weighted by molar-refractivity contribution is -0.115. The van der Waals surface area contributed by atoms with Crippen molar-refractivity contribution >= 4 is 11.6 Å². The fourth-order valence-corrected chi connectivity index (χ4v) is 1.69. The van der Waals surface area contributed by atoms with E-state index in [9.17, 15) is 9.90 Å². The Morgan fingerprint density at radius 3 is 3.07 bits per heavy atom. The summed E-state index contributed by atoms with van der Waals surface area (Å²) in [5.41, 5.74) is 2.75. The van der Waals surface area contributed by atoms with Crippen molar-refractivity contribution in [1.82, 2.24) is 0 Å². The third kappa shape index (κ3) is 1.51. The molecule has 0 radical (unpaired) electrons. The van der Waals surface area contributed by atoms with Crippen LogP contribution >= 0.6 is 0 Å². The van der Waals surface area contributed by atoms with Gasteiger partial charge in [-0.1, -0.05) is 19.1 Å². The Bertz CT molecular complexity index is 374. The Balaban J connectivity index is 2.32. The summed E-state index contributed by atoms with van der Waals surface area (Å²) in [6.07, 6.45) is 0.704. The second-order valence-corrected chi connectivity index (χ2v) is 3.57. The van der Waals surface area contributed by atoms with Crippen LogP contribution in [0.2, 0.25) is 0 Å². The highest BCUT2D eigenvalue weighted by Crippen LogP contribution is 2.27. The first kappa shape index (κ1) is 9.21. The van der Waals surface area contributed by atoms with Crippen LogP contribution in [0.15, 0.2) is 18.2 Å². The number of fused-ring (bicyclic) bond motifs is 1. The molecule has 1 aromatic rings. The van der Waals surface area contributed by atoms with Gasteiger partial charge in [0.05, 0.1) is 12.5 Å². The lowest BCUT2D eigenvalue weighted by atomic mass is 10.0. The fourth-order valence-electron chi connectivity index (χ4n) is 1.69. The zero-order valence-corrected chi connectivity index (χ0v) is 8.08. The summed E-state index contributed by atoms with van der Waals surface area (Å²) in [5, 5.41) is 12.4. The molecule has 2 N–H and O–H groups in total. The molecule has 0 saturated carbocycles. The first-order chi connectivity index (χ1) is 6.70. The molecule has 0 bridgehead atoms. The highest BCUT2D eigenvalue weighted by atomic mass is 16.3. The molecule has 1 aromatic carbocycles. The van der Waals surface area contributed by atoms with Gasteiger partial charge in [-0.15, -0.1) is 0 Å². The standard InChI is InChI=1S/C11H13NO2/c1-2-10(13)7-3-4-9-8(5-7)6-11(14)12-9/h3-5,10,13H,2,6H2,1H3,(H,12,14)/t10-/m1/s1. The van der Waals surface area contributed by atoms with Crippen molar-refractivity contribution in [2.45, 2.75) is 25.9 Å². The molecule has 1 aliphatic heterocycles. The zero-order chi connectivity index (χ0) is 10.1. The molecule has 0 aliphatic carbocycles. The minimum absolute atomic E-state index is 0.0307. The molecule has 0 saturated heterocycles. The number of nitrogens with one attached hydrogen (secondary N) is 1. The van der Waals surface area contributed by atoms with Crippen LogP contribution in [-0.2, 0) is 11.2 Å². The van der Waals surface area contributed by atoms with E-state index in [4.69, 9.17) is 0 Å². The molecule has 2 rings (SSSR count). The zero-order valence-electron chi connectivity index (χ0n) is 8.08. The topological polar surface area (TPSA) is 49.3 Å².